The fourth-order valence-electron chi connectivity index (χ4n) is 0.323. The number of aliphatic hydroxyl groups is 1. The molecule has 0 rings (SSSR count). The van der Waals surface area contributed by atoms with Crippen LogP contribution in [0.5, 0.6) is 0 Å². The first-order chi connectivity index (χ1) is 4.06. The molecule has 2 nitrogen and oxygen atoms in total. The van der Waals surface area contributed by atoms with E-state index in [2.05, 4.69) is 21.2 Å². The second kappa shape index (κ2) is 4.76. The SMILES string of the molecule is CC(C)(O)CCOSI. The molecule has 0 aromatic carbocycles. The van der Waals surface area contributed by atoms with Crippen molar-refractivity contribution in [2.24, 2.45) is 0 Å². The van der Waals surface area contributed by atoms with Gasteiger partial charge in [-0.15, -0.1) is 0 Å². The Morgan fingerprint density at radius 1 is 1.67 bits per heavy atom. The standard InChI is InChI=1S/C5H11IO2S/c1-5(2,7)3-4-8-9-6/h7H,3-4H2,1-2H3. The Morgan fingerprint density at radius 2 is 2.22 bits per heavy atom. The van der Waals surface area contributed by atoms with Crippen molar-refractivity contribution in [1.82, 2.24) is 0 Å². The van der Waals surface area contributed by atoms with E-state index in [-0.39, 0.29) is 0 Å². The molecule has 9 heavy (non-hydrogen) atoms. The van der Waals surface area contributed by atoms with Crippen LogP contribution in [0.2, 0.25) is 0 Å². The molecule has 0 saturated carbocycles. The molecule has 0 saturated heterocycles. The van der Waals surface area contributed by atoms with Crippen LogP contribution in [0.15, 0.2) is 0 Å². The van der Waals surface area contributed by atoms with Crippen molar-refractivity contribution in [2.75, 3.05) is 6.61 Å². The third-order valence-corrected chi connectivity index (χ3v) is 1.86. The lowest BCUT2D eigenvalue weighted by molar-refractivity contribution is 0.0585. The van der Waals surface area contributed by atoms with Gasteiger partial charge >= 0.3 is 0 Å². The van der Waals surface area contributed by atoms with Gasteiger partial charge in [-0.05, 0) is 13.8 Å². The van der Waals surface area contributed by atoms with Gasteiger partial charge in [0.15, 0.2) is 0 Å². The average molecular weight is 262 g/mol. The zero-order chi connectivity index (χ0) is 7.33. The van der Waals surface area contributed by atoms with E-state index in [1.54, 1.807) is 13.8 Å². The van der Waals surface area contributed by atoms with Crippen molar-refractivity contribution in [1.29, 1.82) is 0 Å². The van der Waals surface area contributed by atoms with E-state index >= 15 is 0 Å². The zero-order valence-corrected chi connectivity index (χ0v) is 8.53. The molecule has 4 heteroatoms. The highest BCUT2D eigenvalue weighted by Crippen LogP contribution is 2.15. The van der Waals surface area contributed by atoms with Crippen molar-refractivity contribution in [3.63, 3.8) is 0 Å². The molecule has 0 aliphatic carbocycles. The quantitative estimate of drug-likeness (QED) is 0.478. The summed E-state index contributed by atoms with van der Waals surface area (Å²) in [6.07, 6.45) is 0.684. The molecule has 0 unspecified atom stereocenters. The van der Waals surface area contributed by atoms with Crippen molar-refractivity contribution in [2.45, 2.75) is 25.9 Å². The molecule has 0 amide bonds. The second-order valence-electron chi connectivity index (χ2n) is 2.45. The van der Waals surface area contributed by atoms with Crippen molar-refractivity contribution in [3.05, 3.63) is 0 Å². The first kappa shape index (κ1) is 10.0. The molecular formula is C5H11IO2S. The number of hydrogen-bond acceptors (Lipinski definition) is 3. The van der Waals surface area contributed by atoms with Gasteiger partial charge in [-0.3, -0.25) is 0 Å². The third-order valence-electron chi connectivity index (χ3n) is 0.842. The van der Waals surface area contributed by atoms with Gasteiger partial charge in [0.05, 0.1) is 21.4 Å². The maximum atomic E-state index is 9.15. The summed E-state index contributed by atoms with van der Waals surface area (Å²) in [4.78, 5) is 0. The largest absolute Gasteiger partial charge is 0.390 e. The predicted molar refractivity (Wildman–Crippen MR) is 48.5 cm³/mol. The first-order valence-electron chi connectivity index (χ1n) is 2.69. The van der Waals surface area contributed by atoms with Crippen molar-refractivity contribution >= 4 is 30.4 Å². The molecule has 0 bridgehead atoms. The molecular weight excluding hydrogens is 251 g/mol. The van der Waals surface area contributed by atoms with Crippen LogP contribution in [0, 0.1) is 0 Å². The smallest absolute Gasteiger partial charge is 0.0650 e. The molecule has 0 aromatic heterocycles. The summed E-state index contributed by atoms with van der Waals surface area (Å²) >= 11 is 2.05. The maximum absolute atomic E-state index is 9.15. The van der Waals surface area contributed by atoms with Crippen LogP contribution in [0.1, 0.15) is 20.3 Å². The van der Waals surface area contributed by atoms with Crippen LogP contribution < -0.4 is 0 Å². The average Bonchev–Trinajstić information content (AvgIpc) is 1.63. The lowest BCUT2D eigenvalue weighted by atomic mass is 10.1. The lowest BCUT2D eigenvalue weighted by Crippen LogP contribution is -2.19. The van der Waals surface area contributed by atoms with E-state index in [1.165, 1.54) is 9.21 Å². The summed E-state index contributed by atoms with van der Waals surface area (Å²) in [7, 11) is 1.30. The van der Waals surface area contributed by atoms with E-state index < -0.39 is 5.60 Å². The molecule has 0 heterocycles. The Kier molecular flexibility index (Phi) is 5.29. The molecule has 0 spiro atoms. The molecule has 0 radical (unpaired) electrons. The highest BCUT2D eigenvalue weighted by Gasteiger charge is 2.11. The summed E-state index contributed by atoms with van der Waals surface area (Å²) in [5.41, 5.74) is -0.591. The molecule has 1 N–H and O–H groups in total. The van der Waals surface area contributed by atoms with Gasteiger partial charge in [0, 0.05) is 27.6 Å². The highest BCUT2D eigenvalue weighted by molar-refractivity contribution is 14.2. The summed E-state index contributed by atoms with van der Waals surface area (Å²) < 4.78 is 4.95. The Morgan fingerprint density at radius 3 is 2.56 bits per heavy atom. The van der Waals surface area contributed by atoms with Crippen LogP contribution in [0.25, 0.3) is 0 Å². The van der Waals surface area contributed by atoms with E-state index in [4.69, 9.17) is 9.29 Å². The van der Waals surface area contributed by atoms with Crippen LogP contribution in [-0.4, -0.2) is 17.3 Å². The Bertz CT molecular complexity index is 71.8. The van der Waals surface area contributed by atoms with E-state index in [0.717, 1.165) is 0 Å². The minimum atomic E-state index is -0.591. The summed E-state index contributed by atoms with van der Waals surface area (Å²) in [6.45, 7) is 4.15. The van der Waals surface area contributed by atoms with E-state index in [9.17, 15) is 0 Å². The predicted octanol–water partition coefficient (Wildman–Crippen LogP) is 2.16. The second-order valence-corrected chi connectivity index (χ2v) is 3.89. The Labute approximate surface area is 72.1 Å². The van der Waals surface area contributed by atoms with E-state index in [0.29, 0.717) is 13.0 Å². The Hall–Kier alpha value is 1.00. The first-order valence-corrected chi connectivity index (χ1v) is 5.97. The van der Waals surface area contributed by atoms with Crippen LogP contribution in [0.4, 0.5) is 0 Å². The molecule has 0 atom stereocenters. The van der Waals surface area contributed by atoms with Gasteiger partial charge in [0.2, 0.25) is 0 Å². The summed E-state index contributed by atoms with van der Waals surface area (Å²) in [5, 5.41) is 9.15. The van der Waals surface area contributed by atoms with Gasteiger partial charge < -0.3 is 9.29 Å². The molecule has 0 aliphatic heterocycles. The monoisotopic (exact) mass is 262 g/mol. The van der Waals surface area contributed by atoms with Gasteiger partial charge in [0.1, 0.15) is 0 Å². The minimum absolute atomic E-state index is 0.591. The van der Waals surface area contributed by atoms with Gasteiger partial charge in [-0.25, -0.2) is 0 Å². The van der Waals surface area contributed by atoms with Gasteiger partial charge in [-0.1, -0.05) is 0 Å². The summed E-state index contributed by atoms with van der Waals surface area (Å²) in [6, 6.07) is 0. The van der Waals surface area contributed by atoms with Gasteiger partial charge in [0.25, 0.3) is 0 Å². The summed E-state index contributed by atoms with van der Waals surface area (Å²) in [5.74, 6) is 0. The maximum Gasteiger partial charge on any atom is 0.0650 e. The number of hydrogen-bond donors (Lipinski definition) is 1. The molecule has 0 aliphatic rings. The molecule has 56 valence electrons. The van der Waals surface area contributed by atoms with Crippen molar-refractivity contribution < 1.29 is 9.29 Å². The lowest BCUT2D eigenvalue weighted by Gasteiger charge is -2.15. The van der Waals surface area contributed by atoms with Crippen molar-refractivity contribution in [3.8, 4) is 0 Å². The number of rotatable bonds is 4. The van der Waals surface area contributed by atoms with E-state index in [1.807, 2.05) is 0 Å². The normalized spacial score (nSPS) is 12.0. The van der Waals surface area contributed by atoms with Crippen LogP contribution in [-0.2, 0) is 4.18 Å². The fraction of sp³-hybridized carbons (Fsp3) is 1.00. The fourth-order valence-corrected chi connectivity index (χ4v) is 1.01. The minimum Gasteiger partial charge on any atom is -0.390 e. The molecule has 0 fully saturated rings. The zero-order valence-electron chi connectivity index (χ0n) is 5.56. The number of halogens is 1. The third kappa shape index (κ3) is 9.00. The Balaban J connectivity index is 3.07. The molecule has 0 aromatic rings. The van der Waals surface area contributed by atoms with Crippen LogP contribution in [0.3, 0.4) is 0 Å². The van der Waals surface area contributed by atoms with Crippen LogP contribution >= 0.6 is 30.4 Å². The topological polar surface area (TPSA) is 29.5 Å². The van der Waals surface area contributed by atoms with Gasteiger partial charge in [-0.2, -0.15) is 0 Å². The highest BCUT2D eigenvalue weighted by atomic mass is 127.